The molecule has 0 atom stereocenters. The number of aromatic hydroxyl groups is 1. The molecule has 0 spiro atoms. The maximum atomic E-state index is 13.0. The largest absolute Gasteiger partial charge is 0.494 e. The summed E-state index contributed by atoms with van der Waals surface area (Å²) in [6.07, 6.45) is 3.49. The van der Waals surface area contributed by atoms with Gasteiger partial charge in [0.1, 0.15) is 17.3 Å². The van der Waals surface area contributed by atoms with Crippen molar-refractivity contribution in [2.24, 2.45) is 0 Å². The average Bonchev–Trinajstić information content (AvgIpc) is 3.16. The van der Waals surface area contributed by atoms with Crippen LogP contribution in [0.1, 0.15) is 22.8 Å². The Morgan fingerprint density at radius 1 is 1.15 bits per heavy atom. The lowest BCUT2D eigenvalue weighted by atomic mass is 10.1. The van der Waals surface area contributed by atoms with E-state index in [0.717, 1.165) is 22.5 Å². The maximum absolute atomic E-state index is 13.0. The van der Waals surface area contributed by atoms with Crippen LogP contribution in [0, 0.1) is 6.92 Å². The fourth-order valence-electron chi connectivity index (χ4n) is 3.27. The number of pyridine rings is 1. The summed E-state index contributed by atoms with van der Waals surface area (Å²) in [6, 6.07) is 14.1. The number of hydrogen-bond donors (Lipinski definition) is 2. The van der Waals surface area contributed by atoms with E-state index in [9.17, 15) is 9.90 Å². The Morgan fingerprint density at radius 2 is 1.94 bits per heavy atom. The van der Waals surface area contributed by atoms with E-state index >= 15 is 0 Å². The molecule has 2 N–H and O–H groups in total. The van der Waals surface area contributed by atoms with Gasteiger partial charge < -0.3 is 19.7 Å². The number of anilines is 1. The minimum atomic E-state index is -0.356. The lowest BCUT2D eigenvalue weighted by molar-refractivity contribution is -0.160. The molecule has 0 unspecified atom stereocenters. The highest BCUT2D eigenvalue weighted by atomic mass is 32.2. The zero-order chi connectivity index (χ0) is 23.4. The predicted molar refractivity (Wildman–Crippen MR) is 127 cm³/mol. The van der Waals surface area contributed by atoms with E-state index in [1.54, 1.807) is 47.3 Å². The number of aryl methyl sites for hydroxylation is 2. The summed E-state index contributed by atoms with van der Waals surface area (Å²) in [5, 5.41) is 14.7. The summed E-state index contributed by atoms with van der Waals surface area (Å²) < 4.78 is 12.7. The number of amides is 1. The zero-order valence-corrected chi connectivity index (χ0v) is 19.2. The summed E-state index contributed by atoms with van der Waals surface area (Å²) in [4.78, 5) is 22.6. The molecule has 2 heterocycles. The standard InChI is InChI=1S/C24H23N3O5S/c1-4-27-14-20-19(24(27)29)11-16(23(28)26-22-10-5-15(2)13-25-22)12-21(20)31-17-6-8-18(9-7-17)33-32-30-3/h5-14,29H,4H2,1-3H3,(H,25,26,28). The van der Waals surface area contributed by atoms with Gasteiger partial charge in [-0.3, -0.25) is 4.79 Å². The number of aromatic nitrogens is 2. The van der Waals surface area contributed by atoms with Gasteiger partial charge in [0.25, 0.3) is 5.91 Å². The van der Waals surface area contributed by atoms with E-state index in [4.69, 9.17) is 9.07 Å². The molecule has 4 aromatic rings. The summed E-state index contributed by atoms with van der Waals surface area (Å²) in [6.45, 7) is 4.42. The summed E-state index contributed by atoms with van der Waals surface area (Å²) >= 11 is 1.08. The first-order valence-electron chi connectivity index (χ1n) is 10.2. The van der Waals surface area contributed by atoms with E-state index in [1.807, 2.05) is 32.0 Å². The molecule has 1 amide bonds. The van der Waals surface area contributed by atoms with Crippen molar-refractivity contribution >= 4 is 34.5 Å². The Balaban J connectivity index is 1.68. The number of fused-ring (bicyclic) bond motifs is 1. The van der Waals surface area contributed by atoms with Crippen molar-refractivity contribution in [1.29, 1.82) is 0 Å². The van der Waals surface area contributed by atoms with Crippen LogP contribution in [0.4, 0.5) is 5.82 Å². The van der Waals surface area contributed by atoms with E-state index in [0.29, 0.717) is 40.2 Å². The van der Waals surface area contributed by atoms with Crippen LogP contribution in [0.2, 0.25) is 0 Å². The number of nitrogens with zero attached hydrogens (tertiary/aromatic N) is 2. The fraction of sp³-hybridized carbons (Fsp3) is 0.167. The van der Waals surface area contributed by atoms with Gasteiger partial charge >= 0.3 is 0 Å². The molecule has 4 rings (SSSR count). The van der Waals surface area contributed by atoms with Crippen molar-refractivity contribution in [3.63, 3.8) is 0 Å². The smallest absolute Gasteiger partial charge is 0.256 e. The van der Waals surface area contributed by atoms with Gasteiger partial charge in [0.2, 0.25) is 0 Å². The Labute approximate surface area is 195 Å². The van der Waals surface area contributed by atoms with E-state index < -0.39 is 0 Å². The Hall–Kier alpha value is -3.53. The van der Waals surface area contributed by atoms with Crippen molar-refractivity contribution in [2.75, 3.05) is 12.4 Å². The van der Waals surface area contributed by atoms with Crippen LogP contribution in [-0.2, 0) is 15.8 Å². The minimum absolute atomic E-state index is 0.0731. The molecular weight excluding hydrogens is 442 g/mol. The van der Waals surface area contributed by atoms with Crippen molar-refractivity contribution < 1.29 is 23.9 Å². The number of hydrogen-bond acceptors (Lipinski definition) is 7. The predicted octanol–water partition coefficient (Wildman–Crippen LogP) is 5.70. The SMILES string of the molecule is CCn1cc2c(Oc3ccc(SOOC)cc3)cc(C(=O)Nc3ccc(C)cn3)cc2c1O. The van der Waals surface area contributed by atoms with Crippen molar-refractivity contribution in [1.82, 2.24) is 9.55 Å². The molecule has 2 aromatic carbocycles. The molecule has 0 aliphatic rings. The monoisotopic (exact) mass is 465 g/mol. The first-order valence-corrected chi connectivity index (χ1v) is 11.0. The first-order chi connectivity index (χ1) is 16.0. The third kappa shape index (κ3) is 5.11. The maximum Gasteiger partial charge on any atom is 0.256 e. The van der Waals surface area contributed by atoms with Crippen molar-refractivity contribution in [3.05, 3.63) is 72.1 Å². The third-order valence-electron chi connectivity index (χ3n) is 4.95. The number of benzene rings is 2. The molecule has 0 fully saturated rings. The van der Waals surface area contributed by atoms with Crippen LogP contribution in [-0.4, -0.2) is 27.7 Å². The Bertz CT molecular complexity index is 1270. The van der Waals surface area contributed by atoms with E-state index in [1.165, 1.54) is 7.11 Å². The van der Waals surface area contributed by atoms with Gasteiger partial charge in [0.05, 0.1) is 19.2 Å². The second-order valence-electron chi connectivity index (χ2n) is 7.24. The molecule has 33 heavy (non-hydrogen) atoms. The summed E-state index contributed by atoms with van der Waals surface area (Å²) in [5.41, 5.74) is 1.33. The normalized spacial score (nSPS) is 11.0. The molecule has 0 bridgehead atoms. The molecule has 0 aliphatic carbocycles. The Morgan fingerprint density at radius 3 is 2.61 bits per heavy atom. The minimum Gasteiger partial charge on any atom is -0.494 e. The van der Waals surface area contributed by atoms with Crippen molar-refractivity contribution in [2.45, 2.75) is 25.3 Å². The molecule has 0 saturated heterocycles. The quantitative estimate of drug-likeness (QED) is 0.196. The summed E-state index contributed by atoms with van der Waals surface area (Å²) in [5.74, 6) is 1.18. The highest BCUT2D eigenvalue weighted by Crippen LogP contribution is 2.38. The number of rotatable bonds is 8. The van der Waals surface area contributed by atoms with Crippen LogP contribution >= 0.6 is 12.0 Å². The fourth-order valence-corrected chi connectivity index (χ4v) is 3.66. The molecule has 8 nitrogen and oxygen atoms in total. The van der Waals surface area contributed by atoms with Gasteiger partial charge in [-0.25, -0.2) is 9.87 Å². The van der Waals surface area contributed by atoms with Gasteiger partial charge in [-0.2, -0.15) is 4.33 Å². The van der Waals surface area contributed by atoms with E-state index in [2.05, 4.69) is 15.2 Å². The second kappa shape index (κ2) is 9.95. The lowest BCUT2D eigenvalue weighted by Crippen LogP contribution is -2.13. The van der Waals surface area contributed by atoms with Gasteiger partial charge in [0.15, 0.2) is 5.88 Å². The Kier molecular flexibility index (Phi) is 6.83. The molecule has 0 aliphatic heterocycles. The number of ether oxygens (including phenoxy) is 1. The number of carbonyl (C=O) groups is 1. The molecule has 0 radical (unpaired) electrons. The second-order valence-corrected chi connectivity index (χ2v) is 8.01. The number of nitrogens with one attached hydrogen (secondary N) is 1. The van der Waals surface area contributed by atoms with Crippen LogP contribution in [0.3, 0.4) is 0 Å². The highest BCUT2D eigenvalue weighted by Gasteiger charge is 2.18. The average molecular weight is 466 g/mol. The third-order valence-corrected chi connectivity index (χ3v) is 5.61. The lowest BCUT2D eigenvalue weighted by Gasteiger charge is -2.11. The van der Waals surface area contributed by atoms with Gasteiger partial charge in [0, 0.05) is 40.2 Å². The molecular formula is C24H23N3O5S. The molecule has 0 saturated carbocycles. The molecule has 9 heteroatoms. The van der Waals surface area contributed by atoms with Crippen LogP contribution in [0.25, 0.3) is 10.8 Å². The van der Waals surface area contributed by atoms with Crippen LogP contribution in [0.15, 0.2) is 65.8 Å². The van der Waals surface area contributed by atoms with Gasteiger partial charge in [-0.15, -0.1) is 0 Å². The highest BCUT2D eigenvalue weighted by molar-refractivity contribution is 7.94. The van der Waals surface area contributed by atoms with Crippen LogP contribution < -0.4 is 10.1 Å². The molecule has 170 valence electrons. The van der Waals surface area contributed by atoms with Crippen molar-refractivity contribution in [3.8, 4) is 17.4 Å². The summed E-state index contributed by atoms with van der Waals surface area (Å²) in [7, 11) is 1.44. The topological polar surface area (TPSA) is 94.8 Å². The van der Waals surface area contributed by atoms with Crippen LogP contribution in [0.5, 0.6) is 17.4 Å². The number of carbonyl (C=O) groups excluding carboxylic acids is 1. The van der Waals surface area contributed by atoms with Gasteiger partial charge in [-0.05, 0) is 61.9 Å². The first kappa shape index (κ1) is 22.7. The zero-order valence-electron chi connectivity index (χ0n) is 18.4. The van der Waals surface area contributed by atoms with Gasteiger partial charge in [-0.1, -0.05) is 6.07 Å². The molecule has 2 aromatic heterocycles. The van der Waals surface area contributed by atoms with E-state index in [-0.39, 0.29) is 11.8 Å².